The van der Waals surface area contributed by atoms with E-state index in [1.54, 1.807) is 24.3 Å². The molecule has 1 aliphatic rings. The van der Waals surface area contributed by atoms with Gasteiger partial charge in [0.05, 0.1) is 12.3 Å². The SMILES string of the molecule is CCCCCCN1C(=O)C(CCOc2ccc(OC(C)(C)C(=O)O)cc2)Oc2ccccc21. The number of carboxylic acid groups (broad SMARTS) is 1. The molecule has 2 aromatic carbocycles. The predicted molar refractivity (Wildman–Crippen MR) is 126 cm³/mol. The van der Waals surface area contributed by atoms with Crippen molar-refractivity contribution in [3.8, 4) is 17.2 Å². The van der Waals surface area contributed by atoms with Gasteiger partial charge in [0.2, 0.25) is 0 Å². The zero-order valence-electron chi connectivity index (χ0n) is 19.6. The summed E-state index contributed by atoms with van der Waals surface area (Å²) in [6, 6.07) is 14.4. The summed E-state index contributed by atoms with van der Waals surface area (Å²) in [6.07, 6.45) is 4.20. The lowest BCUT2D eigenvalue weighted by atomic mass is 10.1. The van der Waals surface area contributed by atoms with Crippen molar-refractivity contribution in [3.05, 3.63) is 48.5 Å². The van der Waals surface area contributed by atoms with Crippen molar-refractivity contribution in [3.63, 3.8) is 0 Å². The second kappa shape index (κ2) is 11.1. The van der Waals surface area contributed by atoms with E-state index in [1.165, 1.54) is 13.8 Å². The van der Waals surface area contributed by atoms with Crippen molar-refractivity contribution in [2.45, 2.75) is 64.6 Å². The average Bonchev–Trinajstić information content (AvgIpc) is 2.79. The molecule has 0 aromatic heterocycles. The molecule has 33 heavy (non-hydrogen) atoms. The number of anilines is 1. The fourth-order valence-corrected chi connectivity index (χ4v) is 3.61. The number of fused-ring (bicyclic) bond motifs is 1. The highest BCUT2D eigenvalue weighted by Crippen LogP contribution is 2.34. The van der Waals surface area contributed by atoms with Crippen molar-refractivity contribution in [1.82, 2.24) is 0 Å². The maximum absolute atomic E-state index is 13.1. The van der Waals surface area contributed by atoms with Crippen molar-refractivity contribution in [2.75, 3.05) is 18.1 Å². The van der Waals surface area contributed by atoms with Crippen LogP contribution in [0.25, 0.3) is 0 Å². The number of aliphatic carboxylic acids is 1. The van der Waals surface area contributed by atoms with Crippen molar-refractivity contribution < 1.29 is 28.9 Å². The molecule has 0 radical (unpaired) electrons. The van der Waals surface area contributed by atoms with Gasteiger partial charge in [-0.05, 0) is 56.7 Å². The third kappa shape index (κ3) is 6.40. The number of ether oxygens (including phenoxy) is 3. The van der Waals surface area contributed by atoms with Crippen LogP contribution < -0.4 is 19.1 Å². The normalized spacial score (nSPS) is 15.5. The zero-order chi connectivity index (χ0) is 23.8. The predicted octanol–water partition coefficient (Wildman–Crippen LogP) is 5.07. The Bertz CT molecular complexity index is 940. The highest BCUT2D eigenvalue weighted by molar-refractivity contribution is 6.00. The Morgan fingerprint density at radius 1 is 1.06 bits per heavy atom. The van der Waals surface area contributed by atoms with Gasteiger partial charge in [-0.2, -0.15) is 0 Å². The second-order valence-corrected chi connectivity index (χ2v) is 8.65. The minimum Gasteiger partial charge on any atom is -0.493 e. The standard InChI is InChI=1S/C26H33NO6/c1-4-5-6-9-17-27-21-10-7-8-11-22(21)32-23(24(27)28)16-18-31-19-12-14-20(15-13-19)33-26(2,3)25(29)30/h7-8,10-15,23H,4-6,9,16-18H2,1-3H3,(H,29,30). The number of carbonyl (C=O) groups is 2. The van der Waals surface area contributed by atoms with Crippen LogP contribution in [0.3, 0.4) is 0 Å². The number of unbranched alkanes of at least 4 members (excludes halogenated alkanes) is 3. The summed E-state index contributed by atoms with van der Waals surface area (Å²) in [5.74, 6) is 0.695. The summed E-state index contributed by atoms with van der Waals surface area (Å²) in [4.78, 5) is 26.2. The van der Waals surface area contributed by atoms with Crippen LogP contribution in [0.5, 0.6) is 17.2 Å². The highest BCUT2D eigenvalue weighted by atomic mass is 16.5. The zero-order valence-corrected chi connectivity index (χ0v) is 19.6. The van der Waals surface area contributed by atoms with Crippen LogP contribution in [-0.4, -0.2) is 41.8 Å². The first-order chi connectivity index (χ1) is 15.8. The molecule has 1 aliphatic heterocycles. The Morgan fingerprint density at radius 2 is 1.76 bits per heavy atom. The molecule has 0 fully saturated rings. The molecule has 1 unspecified atom stereocenters. The summed E-state index contributed by atoms with van der Waals surface area (Å²) in [7, 11) is 0. The van der Waals surface area contributed by atoms with Crippen LogP contribution in [0.15, 0.2) is 48.5 Å². The maximum atomic E-state index is 13.1. The Balaban J connectivity index is 1.56. The van der Waals surface area contributed by atoms with Gasteiger partial charge < -0.3 is 24.2 Å². The molecular formula is C26H33NO6. The van der Waals surface area contributed by atoms with Gasteiger partial charge in [-0.3, -0.25) is 4.79 Å². The molecule has 1 N–H and O–H groups in total. The van der Waals surface area contributed by atoms with E-state index in [0.717, 1.165) is 37.1 Å². The van der Waals surface area contributed by atoms with Gasteiger partial charge in [-0.1, -0.05) is 38.3 Å². The van der Waals surface area contributed by atoms with Crippen molar-refractivity contribution >= 4 is 17.6 Å². The van der Waals surface area contributed by atoms with E-state index >= 15 is 0 Å². The number of hydrogen-bond acceptors (Lipinski definition) is 5. The topological polar surface area (TPSA) is 85.3 Å². The Morgan fingerprint density at radius 3 is 2.45 bits per heavy atom. The minimum atomic E-state index is -1.32. The van der Waals surface area contributed by atoms with Gasteiger partial charge >= 0.3 is 5.97 Å². The largest absolute Gasteiger partial charge is 0.493 e. The number of nitrogens with zero attached hydrogens (tertiary/aromatic N) is 1. The summed E-state index contributed by atoms with van der Waals surface area (Å²) >= 11 is 0. The van der Waals surface area contributed by atoms with E-state index in [-0.39, 0.29) is 5.91 Å². The Hall–Kier alpha value is -3.22. The Labute approximate surface area is 195 Å². The van der Waals surface area contributed by atoms with Crippen LogP contribution >= 0.6 is 0 Å². The van der Waals surface area contributed by atoms with Crippen LogP contribution in [-0.2, 0) is 9.59 Å². The quantitative estimate of drug-likeness (QED) is 0.450. The number of benzene rings is 2. The van der Waals surface area contributed by atoms with E-state index < -0.39 is 17.7 Å². The van der Waals surface area contributed by atoms with Gasteiger partial charge in [-0.15, -0.1) is 0 Å². The Kier molecular flexibility index (Phi) is 8.20. The molecule has 7 heteroatoms. The van der Waals surface area contributed by atoms with E-state index in [4.69, 9.17) is 14.2 Å². The first-order valence-corrected chi connectivity index (χ1v) is 11.5. The molecule has 3 rings (SSSR count). The molecule has 0 saturated heterocycles. The lowest BCUT2D eigenvalue weighted by Crippen LogP contribution is -2.46. The minimum absolute atomic E-state index is 0.0338. The molecule has 0 bridgehead atoms. The first-order valence-electron chi connectivity index (χ1n) is 11.5. The van der Waals surface area contributed by atoms with Crippen LogP contribution in [0.1, 0.15) is 52.9 Å². The number of para-hydroxylation sites is 2. The van der Waals surface area contributed by atoms with E-state index in [0.29, 0.717) is 31.1 Å². The molecule has 0 aliphatic carbocycles. The summed E-state index contributed by atoms with van der Waals surface area (Å²) < 4.78 is 17.3. The van der Waals surface area contributed by atoms with Crippen LogP contribution in [0, 0.1) is 0 Å². The lowest BCUT2D eigenvalue weighted by molar-refractivity contribution is -0.152. The average molecular weight is 456 g/mol. The van der Waals surface area contributed by atoms with Gasteiger partial charge in [0.15, 0.2) is 11.7 Å². The smallest absolute Gasteiger partial charge is 0.347 e. The van der Waals surface area contributed by atoms with E-state index in [2.05, 4.69) is 6.92 Å². The number of carbonyl (C=O) groups excluding carboxylic acids is 1. The number of amides is 1. The summed E-state index contributed by atoms with van der Waals surface area (Å²) in [6.45, 7) is 6.15. The number of rotatable bonds is 12. The fraction of sp³-hybridized carbons (Fsp3) is 0.462. The number of hydrogen-bond donors (Lipinski definition) is 1. The molecule has 1 heterocycles. The van der Waals surface area contributed by atoms with Crippen molar-refractivity contribution in [2.24, 2.45) is 0 Å². The summed E-state index contributed by atoms with van der Waals surface area (Å²) in [5.41, 5.74) is -0.490. The first kappa shape index (κ1) is 24.4. The van der Waals surface area contributed by atoms with Gasteiger partial charge in [-0.25, -0.2) is 4.79 Å². The summed E-state index contributed by atoms with van der Waals surface area (Å²) in [5, 5.41) is 9.18. The van der Waals surface area contributed by atoms with Gasteiger partial charge in [0.1, 0.15) is 17.2 Å². The van der Waals surface area contributed by atoms with Crippen molar-refractivity contribution in [1.29, 1.82) is 0 Å². The fourth-order valence-electron chi connectivity index (χ4n) is 3.61. The van der Waals surface area contributed by atoms with Crippen LogP contribution in [0.4, 0.5) is 5.69 Å². The second-order valence-electron chi connectivity index (χ2n) is 8.65. The molecule has 1 atom stereocenters. The number of carboxylic acids is 1. The molecule has 2 aromatic rings. The molecule has 0 saturated carbocycles. The third-order valence-corrected chi connectivity index (χ3v) is 5.56. The lowest BCUT2D eigenvalue weighted by Gasteiger charge is -2.34. The highest BCUT2D eigenvalue weighted by Gasteiger charge is 2.34. The molecule has 0 spiro atoms. The van der Waals surface area contributed by atoms with Crippen LogP contribution in [0.2, 0.25) is 0 Å². The van der Waals surface area contributed by atoms with Gasteiger partial charge in [0.25, 0.3) is 5.91 Å². The van der Waals surface area contributed by atoms with Gasteiger partial charge in [0, 0.05) is 13.0 Å². The molecular weight excluding hydrogens is 422 g/mol. The molecule has 1 amide bonds. The molecule has 178 valence electrons. The molecule has 7 nitrogen and oxygen atoms in total. The van der Waals surface area contributed by atoms with E-state index in [9.17, 15) is 14.7 Å². The third-order valence-electron chi connectivity index (χ3n) is 5.56. The van der Waals surface area contributed by atoms with E-state index in [1.807, 2.05) is 29.2 Å². The monoisotopic (exact) mass is 455 g/mol. The maximum Gasteiger partial charge on any atom is 0.347 e.